The predicted octanol–water partition coefficient (Wildman–Crippen LogP) is 3.24. The van der Waals surface area contributed by atoms with E-state index in [4.69, 9.17) is 9.47 Å². The van der Waals surface area contributed by atoms with Gasteiger partial charge < -0.3 is 9.47 Å². The summed E-state index contributed by atoms with van der Waals surface area (Å²) in [5.41, 5.74) is 1.87. The van der Waals surface area contributed by atoms with Gasteiger partial charge in [0.15, 0.2) is 5.65 Å². The molecular formula is C24H33N5O4S. The zero-order valence-corrected chi connectivity index (χ0v) is 20.5. The van der Waals surface area contributed by atoms with E-state index in [0.29, 0.717) is 32.2 Å². The number of piperidine rings is 1. The number of aromatic amines is 1. The Morgan fingerprint density at radius 2 is 1.97 bits per heavy atom. The molecule has 3 aromatic rings. The Morgan fingerprint density at radius 3 is 2.79 bits per heavy atom. The fraction of sp³-hybridized carbons (Fsp3) is 0.625. The Labute approximate surface area is 200 Å². The van der Waals surface area contributed by atoms with Crippen molar-refractivity contribution in [3.05, 3.63) is 30.4 Å². The number of ether oxygens (including phenoxy) is 2. The van der Waals surface area contributed by atoms with Crippen LogP contribution in [0.3, 0.4) is 0 Å². The van der Waals surface area contributed by atoms with Crippen molar-refractivity contribution in [2.24, 2.45) is 5.92 Å². The lowest BCUT2D eigenvalue weighted by Crippen LogP contribution is -2.45. The normalized spacial score (nSPS) is 24.7. The molecule has 0 bridgehead atoms. The highest BCUT2D eigenvalue weighted by Crippen LogP contribution is 2.39. The zero-order chi connectivity index (χ0) is 23.5. The summed E-state index contributed by atoms with van der Waals surface area (Å²) in [4.78, 5) is 8.77. The number of sulfonamides is 1. The van der Waals surface area contributed by atoms with Gasteiger partial charge in [0.05, 0.1) is 31.3 Å². The number of fused-ring (bicyclic) bond motifs is 3. The molecule has 1 N–H and O–H groups in total. The molecule has 0 radical (unpaired) electrons. The number of rotatable bonds is 8. The van der Waals surface area contributed by atoms with Crippen LogP contribution in [0, 0.1) is 5.92 Å². The Kier molecular flexibility index (Phi) is 7.10. The molecule has 1 saturated carbocycles. The van der Waals surface area contributed by atoms with Crippen LogP contribution >= 0.6 is 0 Å². The topological polar surface area (TPSA) is 110 Å². The lowest BCUT2D eigenvalue weighted by atomic mass is 9.80. The largest absolute Gasteiger partial charge is 0.382 e. The molecule has 2 fully saturated rings. The van der Waals surface area contributed by atoms with E-state index in [2.05, 4.69) is 20.2 Å². The van der Waals surface area contributed by atoms with E-state index in [1.165, 1.54) is 0 Å². The van der Waals surface area contributed by atoms with Gasteiger partial charge >= 0.3 is 0 Å². The summed E-state index contributed by atoms with van der Waals surface area (Å²) < 4.78 is 38.9. The Hall–Kier alpha value is -2.14. The van der Waals surface area contributed by atoms with E-state index >= 15 is 0 Å². The van der Waals surface area contributed by atoms with Crippen LogP contribution in [0.5, 0.6) is 0 Å². The minimum atomic E-state index is -3.30. The van der Waals surface area contributed by atoms with Gasteiger partial charge in [-0.3, -0.25) is 5.10 Å². The van der Waals surface area contributed by atoms with Gasteiger partial charge in [0, 0.05) is 60.4 Å². The van der Waals surface area contributed by atoms with Crippen molar-refractivity contribution in [2.75, 3.05) is 39.2 Å². The van der Waals surface area contributed by atoms with Crippen molar-refractivity contribution in [3.63, 3.8) is 0 Å². The molecule has 4 heterocycles. The fourth-order valence-corrected chi connectivity index (χ4v) is 7.45. The highest BCUT2D eigenvalue weighted by molar-refractivity contribution is 7.89. The van der Waals surface area contributed by atoms with Crippen molar-refractivity contribution in [1.29, 1.82) is 0 Å². The van der Waals surface area contributed by atoms with E-state index in [0.717, 1.165) is 66.0 Å². The van der Waals surface area contributed by atoms with E-state index in [1.807, 2.05) is 12.3 Å². The Morgan fingerprint density at radius 1 is 1.12 bits per heavy atom. The van der Waals surface area contributed by atoms with Crippen LogP contribution in [0.25, 0.3) is 21.8 Å². The van der Waals surface area contributed by atoms with Crippen LogP contribution in [0.1, 0.15) is 50.1 Å². The minimum absolute atomic E-state index is 0.0409. The van der Waals surface area contributed by atoms with E-state index < -0.39 is 10.0 Å². The summed E-state index contributed by atoms with van der Waals surface area (Å²) in [6.45, 7) is 2.08. The van der Waals surface area contributed by atoms with Crippen LogP contribution < -0.4 is 0 Å². The average molecular weight is 488 g/mol. The number of hydrogen-bond acceptors (Lipinski definition) is 7. The molecule has 3 aromatic heterocycles. The van der Waals surface area contributed by atoms with Crippen LogP contribution in [0.2, 0.25) is 0 Å². The maximum Gasteiger partial charge on any atom is 0.214 e. The first-order valence-corrected chi connectivity index (χ1v) is 13.8. The third kappa shape index (κ3) is 4.95. The number of nitrogens with one attached hydrogen (secondary N) is 1. The van der Waals surface area contributed by atoms with Crippen LogP contribution in [-0.2, 0) is 19.5 Å². The number of methoxy groups -OCH3 is 1. The highest BCUT2D eigenvalue weighted by atomic mass is 32.2. The standard InChI is InChI=1S/C24H33N5O4S/c1-32-11-12-33-20-3-2-10-29(15-20)34(30,31)16-17-4-6-18(7-5-17)23-22-19(14-27-28-23)13-26-24-21(22)8-9-25-24/h8-9,13-14,17-18,20,28H,2-7,10-12,15-16H2,1H3. The molecule has 0 aromatic carbocycles. The molecule has 2 aliphatic rings. The SMILES string of the molecule is COCCOC1CCCN(S(=O)(=O)CC2CCC(c3[nH]ncc4cnc5nccc5c34)CC2)C1. The number of pyridine rings is 1. The second kappa shape index (κ2) is 10.2. The third-order valence-corrected chi connectivity index (χ3v) is 9.31. The van der Waals surface area contributed by atoms with Crippen LogP contribution in [0.4, 0.5) is 0 Å². The van der Waals surface area contributed by atoms with Gasteiger partial charge in [-0.15, -0.1) is 0 Å². The van der Waals surface area contributed by atoms with Gasteiger partial charge in [0.1, 0.15) is 0 Å². The maximum absolute atomic E-state index is 13.2. The first-order chi connectivity index (χ1) is 16.5. The first kappa shape index (κ1) is 23.6. The van der Waals surface area contributed by atoms with Crippen molar-refractivity contribution in [2.45, 2.75) is 50.5 Å². The smallest absolute Gasteiger partial charge is 0.214 e. The molecule has 184 valence electrons. The molecule has 1 atom stereocenters. The molecule has 9 nitrogen and oxygen atoms in total. The molecular weight excluding hydrogens is 454 g/mol. The number of hydrogen-bond donors (Lipinski definition) is 1. The second-order valence-electron chi connectivity index (χ2n) is 9.54. The van der Waals surface area contributed by atoms with Crippen LogP contribution in [-0.4, -0.2) is 78.2 Å². The summed E-state index contributed by atoms with van der Waals surface area (Å²) in [6.07, 6.45) is 10.8. The number of aromatic nitrogens is 4. The molecule has 1 unspecified atom stereocenters. The highest BCUT2D eigenvalue weighted by Gasteiger charge is 2.33. The summed E-state index contributed by atoms with van der Waals surface area (Å²) in [6, 6.07) is 2.01. The summed E-state index contributed by atoms with van der Waals surface area (Å²) in [7, 11) is -1.66. The van der Waals surface area contributed by atoms with Gasteiger partial charge in [0.25, 0.3) is 0 Å². The quantitative estimate of drug-likeness (QED) is 0.486. The number of H-pyrrole nitrogens is 1. The van der Waals surface area contributed by atoms with E-state index in [9.17, 15) is 8.42 Å². The minimum Gasteiger partial charge on any atom is -0.382 e. The van der Waals surface area contributed by atoms with Crippen molar-refractivity contribution >= 4 is 31.8 Å². The van der Waals surface area contributed by atoms with Crippen molar-refractivity contribution in [3.8, 4) is 0 Å². The first-order valence-electron chi connectivity index (χ1n) is 12.2. The monoisotopic (exact) mass is 487 g/mol. The summed E-state index contributed by atoms with van der Waals surface area (Å²) in [5, 5.41) is 10.8. The zero-order valence-electron chi connectivity index (χ0n) is 19.6. The average Bonchev–Trinajstić information content (AvgIpc) is 3.34. The molecule has 10 heteroatoms. The van der Waals surface area contributed by atoms with Gasteiger partial charge in [-0.2, -0.15) is 9.40 Å². The van der Waals surface area contributed by atoms with E-state index in [1.54, 1.807) is 23.8 Å². The molecule has 1 aliphatic carbocycles. The Balaban J connectivity index is 1.22. The number of nitrogens with zero attached hydrogens (tertiary/aromatic N) is 4. The molecule has 5 rings (SSSR count). The fourth-order valence-electron chi connectivity index (χ4n) is 5.51. The Bertz CT molecular complexity index is 1220. The maximum atomic E-state index is 13.2. The lowest BCUT2D eigenvalue weighted by Gasteiger charge is -2.34. The van der Waals surface area contributed by atoms with Gasteiger partial charge in [-0.05, 0) is 50.5 Å². The summed E-state index contributed by atoms with van der Waals surface area (Å²) in [5.74, 6) is 0.730. The molecule has 1 aliphatic heterocycles. The molecule has 34 heavy (non-hydrogen) atoms. The lowest BCUT2D eigenvalue weighted by molar-refractivity contribution is -0.00658. The van der Waals surface area contributed by atoms with Crippen LogP contribution in [0.15, 0.2) is 24.7 Å². The van der Waals surface area contributed by atoms with Crippen molar-refractivity contribution in [1.82, 2.24) is 24.5 Å². The third-order valence-electron chi connectivity index (χ3n) is 7.30. The van der Waals surface area contributed by atoms with Crippen molar-refractivity contribution < 1.29 is 17.9 Å². The van der Waals surface area contributed by atoms with Gasteiger partial charge in [-0.25, -0.2) is 18.4 Å². The second-order valence-corrected chi connectivity index (χ2v) is 11.5. The molecule has 0 amide bonds. The molecule has 0 spiro atoms. The van der Waals surface area contributed by atoms with Gasteiger partial charge in [-0.1, -0.05) is 0 Å². The summed E-state index contributed by atoms with van der Waals surface area (Å²) >= 11 is 0. The molecule has 1 saturated heterocycles. The van der Waals surface area contributed by atoms with E-state index in [-0.39, 0.29) is 17.8 Å². The predicted molar refractivity (Wildman–Crippen MR) is 130 cm³/mol. The van der Waals surface area contributed by atoms with Gasteiger partial charge in [0.2, 0.25) is 10.0 Å².